The molecule has 10 nitrogen and oxygen atoms in total. The lowest BCUT2D eigenvalue weighted by molar-refractivity contribution is -0.123. The van der Waals surface area contributed by atoms with Crippen LogP contribution in [0.1, 0.15) is 42.1 Å². The third-order valence-corrected chi connectivity index (χ3v) is 7.20. The molecule has 2 unspecified atom stereocenters. The topological polar surface area (TPSA) is 145 Å². The summed E-state index contributed by atoms with van der Waals surface area (Å²) >= 11 is 0. The number of ether oxygens (including phenoxy) is 1. The Balaban J connectivity index is 1.23. The second-order valence-corrected chi connectivity index (χ2v) is 10.1. The van der Waals surface area contributed by atoms with Gasteiger partial charge in [0.05, 0.1) is 18.2 Å². The molecule has 2 amide bonds. The van der Waals surface area contributed by atoms with Crippen LogP contribution in [-0.4, -0.2) is 48.1 Å². The first kappa shape index (κ1) is 26.2. The van der Waals surface area contributed by atoms with E-state index in [1.54, 1.807) is 47.6 Å². The van der Waals surface area contributed by atoms with Crippen LogP contribution in [0.4, 0.5) is 5.69 Å². The first-order valence-electron chi connectivity index (χ1n) is 13.1. The van der Waals surface area contributed by atoms with Gasteiger partial charge in [0.1, 0.15) is 11.6 Å². The van der Waals surface area contributed by atoms with Crippen LogP contribution in [0.15, 0.2) is 77.8 Å². The minimum atomic E-state index is -0.235. The quantitative estimate of drug-likeness (QED) is 0.334. The van der Waals surface area contributed by atoms with Crippen LogP contribution in [-0.2, 0) is 10.2 Å². The zero-order valence-corrected chi connectivity index (χ0v) is 21.8. The number of hydrazone groups is 1. The third-order valence-electron chi connectivity index (χ3n) is 7.20. The normalized spacial score (nSPS) is 21.6. The number of hydrogen-bond donors (Lipinski definition) is 5. The molecule has 1 saturated heterocycles. The molecular weight excluding hydrogens is 494 g/mol. The van der Waals surface area contributed by atoms with Crippen molar-refractivity contribution in [3.05, 3.63) is 83.8 Å². The van der Waals surface area contributed by atoms with Crippen molar-refractivity contribution in [3.8, 4) is 5.75 Å². The molecule has 0 bridgehead atoms. The molecule has 2 aliphatic heterocycles. The highest BCUT2D eigenvalue weighted by molar-refractivity contribution is 6.04. The number of benzene rings is 2. The lowest BCUT2D eigenvalue weighted by atomic mass is 9.95. The van der Waals surface area contributed by atoms with Gasteiger partial charge in [0.15, 0.2) is 0 Å². The molecule has 10 heteroatoms. The van der Waals surface area contributed by atoms with E-state index >= 15 is 0 Å². The fourth-order valence-electron chi connectivity index (χ4n) is 4.63. The summed E-state index contributed by atoms with van der Waals surface area (Å²) in [6.45, 7) is 3.42. The van der Waals surface area contributed by atoms with Gasteiger partial charge in [-0.15, -0.1) is 5.10 Å². The highest BCUT2D eigenvalue weighted by Crippen LogP contribution is 2.46. The van der Waals surface area contributed by atoms with E-state index in [9.17, 15) is 9.59 Å². The molecule has 2 fully saturated rings. The summed E-state index contributed by atoms with van der Waals surface area (Å²) in [6, 6.07) is 14.4. The highest BCUT2D eigenvalue weighted by Gasteiger charge is 2.42. The summed E-state index contributed by atoms with van der Waals surface area (Å²) in [5, 5.41) is 22.7. The second kappa shape index (κ2) is 11.1. The number of carbonyl (C=O) groups excluding carboxylic acids is 2. The maximum Gasteiger partial charge on any atom is 0.255 e. The van der Waals surface area contributed by atoms with Crippen molar-refractivity contribution in [1.82, 2.24) is 15.6 Å². The summed E-state index contributed by atoms with van der Waals surface area (Å²) in [4.78, 5) is 25.3. The molecule has 3 aliphatic rings. The maximum atomic E-state index is 12.9. The molecule has 2 atom stereocenters. The lowest BCUT2D eigenvalue weighted by Gasteiger charge is -2.25. The molecular formula is C29H33N7O3. The van der Waals surface area contributed by atoms with Crippen molar-refractivity contribution in [2.75, 3.05) is 18.4 Å². The first-order valence-corrected chi connectivity index (χ1v) is 13.1. The van der Waals surface area contributed by atoms with Gasteiger partial charge in [-0.25, -0.2) is 0 Å². The van der Waals surface area contributed by atoms with E-state index in [1.165, 1.54) is 6.21 Å². The van der Waals surface area contributed by atoms with E-state index < -0.39 is 0 Å². The molecule has 6 N–H and O–H groups in total. The number of hydrogen-bond acceptors (Lipinski definition) is 8. The van der Waals surface area contributed by atoms with Crippen molar-refractivity contribution in [3.63, 3.8) is 0 Å². The standard InChI is InChI=1S/C29H33N7O3/c1-19-8-9-26(35-36(19)17-25(31)34-28(38)21-10-13-32-16-21)39-24-7-3-6-23(15-24)33-27(37)20-4-2-5-22(14-20)29(18-30)11-12-29/h2-9,14-15,17-19,21,30,32H,10-13,16,31H2,1H3,(H,33,37)(H,34,38)/b25-17+,30-18?. The van der Waals surface area contributed by atoms with Crippen LogP contribution in [0.5, 0.6) is 5.75 Å². The van der Waals surface area contributed by atoms with Gasteiger partial charge >= 0.3 is 0 Å². The van der Waals surface area contributed by atoms with Crippen LogP contribution >= 0.6 is 0 Å². The van der Waals surface area contributed by atoms with Gasteiger partial charge in [-0.05, 0) is 62.6 Å². The smallest absolute Gasteiger partial charge is 0.255 e. The fraction of sp³-hybridized carbons (Fsp3) is 0.310. The molecule has 0 spiro atoms. The molecule has 0 radical (unpaired) electrons. The van der Waals surface area contributed by atoms with Crippen molar-refractivity contribution in [2.45, 2.75) is 37.6 Å². The number of rotatable bonds is 8. The Morgan fingerprint density at radius 3 is 2.79 bits per heavy atom. The number of nitrogens with two attached hydrogens (primary N) is 1. The molecule has 39 heavy (non-hydrogen) atoms. The molecule has 1 aliphatic carbocycles. The van der Waals surface area contributed by atoms with E-state index in [0.29, 0.717) is 29.4 Å². The van der Waals surface area contributed by atoms with Crippen LogP contribution in [0.25, 0.3) is 0 Å². The number of nitrogens with one attached hydrogen (secondary N) is 4. The van der Waals surface area contributed by atoms with E-state index in [0.717, 1.165) is 31.4 Å². The molecule has 1 saturated carbocycles. The Morgan fingerprint density at radius 2 is 2.05 bits per heavy atom. The Morgan fingerprint density at radius 1 is 1.23 bits per heavy atom. The van der Waals surface area contributed by atoms with Gasteiger partial charge < -0.3 is 31.8 Å². The second-order valence-electron chi connectivity index (χ2n) is 10.1. The fourth-order valence-corrected chi connectivity index (χ4v) is 4.63. The molecule has 0 aromatic heterocycles. The largest absolute Gasteiger partial charge is 0.438 e. The van der Waals surface area contributed by atoms with Crippen LogP contribution in [0, 0.1) is 11.3 Å². The number of carbonyl (C=O) groups is 2. The Hall–Kier alpha value is -4.44. The zero-order valence-electron chi connectivity index (χ0n) is 21.8. The SMILES string of the molecule is CC1C=CC(Oc2cccc(NC(=O)c3cccc(C4(C=N)CC4)c3)c2)=NN1/C=C(\N)NC(=O)C1CCNC1. The van der Waals surface area contributed by atoms with Crippen molar-refractivity contribution >= 4 is 29.6 Å². The minimum absolute atomic E-state index is 0.0914. The average molecular weight is 528 g/mol. The van der Waals surface area contributed by atoms with Gasteiger partial charge in [0.25, 0.3) is 5.91 Å². The zero-order chi connectivity index (χ0) is 27.4. The third kappa shape index (κ3) is 6.18. The molecule has 2 aromatic carbocycles. The lowest BCUT2D eigenvalue weighted by Crippen LogP contribution is -2.36. The summed E-state index contributed by atoms with van der Waals surface area (Å²) < 4.78 is 5.97. The van der Waals surface area contributed by atoms with Gasteiger partial charge in [-0.3, -0.25) is 14.6 Å². The van der Waals surface area contributed by atoms with Gasteiger partial charge in [0.2, 0.25) is 11.8 Å². The number of amides is 2. The van der Waals surface area contributed by atoms with E-state index in [1.807, 2.05) is 31.2 Å². The van der Waals surface area contributed by atoms with Gasteiger partial charge in [-0.1, -0.05) is 24.3 Å². The predicted molar refractivity (Wildman–Crippen MR) is 150 cm³/mol. The summed E-state index contributed by atoms with van der Waals surface area (Å²) in [5.74, 6) is 0.605. The number of nitrogens with zero attached hydrogens (tertiary/aromatic N) is 2. The summed E-state index contributed by atoms with van der Waals surface area (Å²) in [5.41, 5.74) is 7.96. The van der Waals surface area contributed by atoms with E-state index in [-0.39, 0.29) is 35.0 Å². The van der Waals surface area contributed by atoms with Crippen LogP contribution < -0.4 is 26.4 Å². The number of anilines is 1. The summed E-state index contributed by atoms with van der Waals surface area (Å²) in [6.07, 6.45) is 9.39. The highest BCUT2D eigenvalue weighted by atomic mass is 16.5. The Labute approximate surface area is 227 Å². The maximum absolute atomic E-state index is 12.9. The average Bonchev–Trinajstić information content (AvgIpc) is 3.54. The van der Waals surface area contributed by atoms with Crippen LogP contribution in [0.2, 0.25) is 0 Å². The Bertz CT molecular complexity index is 1360. The van der Waals surface area contributed by atoms with E-state index in [2.05, 4.69) is 21.1 Å². The van der Waals surface area contributed by atoms with E-state index in [4.69, 9.17) is 15.9 Å². The minimum Gasteiger partial charge on any atom is -0.438 e. The first-order chi connectivity index (χ1) is 18.8. The van der Waals surface area contributed by atoms with Crippen molar-refractivity contribution in [1.29, 1.82) is 5.41 Å². The van der Waals surface area contributed by atoms with Crippen molar-refractivity contribution in [2.24, 2.45) is 16.8 Å². The van der Waals surface area contributed by atoms with Gasteiger partial charge in [0, 0.05) is 41.6 Å². The molecule has 5 rings (SSSR count). The molecule has 2 heterocycles. The van der Waals surface area contributed by atoms with Gasteiger partial charge in [-0.2, -0.15) is 0 Å². The predicted octanol–water partition coefficient (Wildman–Crippen LogP) is 3.06. The summed E-state index contributed by atoms with van der Waals surface area (Å²) in [7, 11) is 0. The van der Waals surface area contributed by atoms with Crippen molar-refractivity contribution < 1.29 is 14.3 Å². The molecule has 2 aromatic rings. The Kier molecular flexibility index (Phi) is 7.47. The molecule has 202 valence electrons. The van der Waals surface area contributed by atoms with Crippen LogP contribution in [0.3, 0.4) is 0 Å². The monoisotopic (exact) mass is 527 g/mol.